The van der Waals surface area contributed by atoms with Gasteiger partial charge in [-0.2, -0.15) is 11.8 Å². The van der Waals surface area contributed by atoms with Crippen molar-refractivity contribution in [2.24, 2.45) is 0 Å². The summed E-state index contributed by atoms with van der Waals surface area (Å²) in [6.45, 7) is 7.76. The lowest BCUT2D eigenvalue weighted by molar-refractivity contribution is -0.139. The van der Waals surface area contributed by atoms with Gasteiger partial charge in [0.1, 0.15) is 12.4 Å². The molecule has 5 nitrogen and oxygen atoms in total. The Hall–Kier alpha value is -2.99. The molecule has 2 heterocycles. The number of fused-ring (bicyclic) bond motifs is 1. The second-order valence-corrected chi connectivity index (χ2v) is 9.22. The van der Waals surface area contributed by atoms with Crippen LogP contribution in [0.1, 0.15) is 27.9 Å². The third kappa shape index (κ3) is 4.71. The van der Waals surface area contributed by atoms with Gasteiger partial charge in [0.25, 0.3) is 0 Å². The summed E-state index contributed by atoms with van der Waals surface area (Å²) in [6.07, 6.45) is 2.24. The van der Waals surface area contributed by atoms with Gasteiger partial charge in [-0.1, -0.05) is 18.2 Å². The highest BCUT2D eigenvalue weighted by atomic mass is 32.2. The fourth-order valence-electron chi connectivity index (χ4n) is 4.30. The first-order chi connectivity index (χ1) is 15.9. The van der Waals surface area contributed by atoms with Crippen molar-refractivity contribution in [3.05, 3.63) is 64.3 Å². The van der Waals surface area contributed by atoms with Crippen molar-refractivity contribution in [2.75, 3.05) is 31.8 Å². The Morgan fingerprint density at radius 1 is 1.12 bits per heavy atom. The van der Waals surface area contributed by atoms with Gasteiger partial charge in [0.15, 0.2) is 0 Å². The van der Waals surface area contributed by atoms with Crippen molar-refractivity contribution >= 4 is 23.4 Å². The number of nitrogens with zero attached hydrogens (tertiary/aromatic N) is 1. The lowest BCUT2D eigenvalue weighted by Gasteiger charge is -2.23. The summed E-state index contributed by atoms with van der Waals surface area (Å²) in [5, 5.41) is 3.43. The smallest absolute Gasteiger partial charge is 0.310 e. The summed E-state index contributed by atoms with van der Waals surface area (Å²) in [4.78, 5) is 17.5. The number of hydrogen-bond donors (Lipinski definition) is 1. The van der Waals surface area contributed by atoms with E-state index in [4.69, 9.17) is 14.5 Å². The highest BCUT2D eigenvalue weighted by Gasteiger charge is 2.23. The number of thioether (sulfide) groups is 1. The number of esters is 1. The Labute approximate surface area is 199 Å². The van der Waals surface area contributed by atoms with Crippen LogP contribution in [0.3, 0.4) is 0 Å². The third-order valence-electron chi connectivity index (χ3n) is 6.18. The summed E-state index contributed by atoms with van der Waals surface area (Å²) in [7, 11) is 1.43. The maximum atomic E-state index is 12.4. The zero-order valence-electron chi connectivity index (χ0n) is 19.9. The largest absolute Gasteiger partial charge is 0.490 e. The molecule has 1 N–H and O–H groups in total. The minimum atomic E-state index is -0.266. The number of nitrogens with one attached hydrogen (secondary N) is 1. The van der Waals surface area contributed by atoms with Crippen LogP contribution in [0.25, 0.3) is 22.4 Å². The first kappa shape index (κ1) is 23.2. The van der Waals surface area contributed by atoms with Gasteiger partial charge in [-0.15, -0.1) is 0 Å². The van der Waals surface area contributed by atoms with E-state index in [2.05, 4.69) is 62.7 Å². The molecule has 2 aromatic carbocycles. The molecular weight excluding hydrogens is 432 g/mol. The van der Waals surface area contributed by atoms with Gasteiger partial charge >= 0.3 is 5.97 Å². The van der Waals surface area contributed by atoms with Crippen molar-refractivity contribution in [1.29, 1.82) is 0 Å². The second-order valence-electron chi connectivity index (χ2n) is 8.36. The summed E-state index contributed by atoms with van der Waals surface area (Å²) < 4.78 is 10.8. The third-order valence-corrected chi connectivity index (χ3v) is 6.74. The van der Waals surface area contributed by atoms with E-state index in [1.165, 1.54) is 18.2 Å². The monoisotopic (exact) mass is 462 g/mol. The molecule has 0 atom stereocenters. The molecule has 3 aromatic rings. The maximum Gasteiger partial charge on any atom is 0.310 e. The van der Waals surface area contributed by atoms with E-state index in [1.807, 2.05) is 6.07 Å². The van der Waals surface area contributed by atoms with Crippen molar-refractivity contribution in [1.82, 2.24) is 4.98 Å². The van der Waals surface area contributed by atoms with Crippen LogP contribution in [-0.2, 0) is 21.7 Å². The van der Waals surface area contributed by atoms with Crippen LogP contribution in [0.4, 0.5) is 5.69 Å². The molecule has 172 valence electrons. The number of aromatic nitrogens is 1. The lowest BCUT2D eigenvalue weighted by Crippen LogP contribution is -2.18. The van der Waals surface area contributed by atoms with Gasteiger partial charge in [-0.25, -0.2) is 0 Å². The summed E-state index contributed by atoms with van der Waals surface area (Å²) in [5.74, 6) is 1.30. The van der Waals surface area contributed by atoms with Gasteiger partial charge in [-0.3, -0.25) is 9.78 Å². The Kier molecular flexibility index (Phi) is 6.94. The number of ether oxygens (including phenoxy) is 2. The molecule has 0 saturated heterocycles. The van der Waals surface area contributed by atoms with E-state index in [-0.39, 0.29) is 12.4 Å². The molecule has 0 amide bonds. The molecule has 0 spiro atoms. The second kappa shape index (κ2) is 9.87. The number of anilines is 1. The molecule has 6 heteroatoms. The van der Waals surface area contributed by atoms with Gasteiger partial charge in [0, 0.05) is 17.9 Å². The number of hydrogen-bond acceptors (Lipinski definition) is 6. The average Bonchev–Trinajstić information content (AvgIpc) is 2.82. The number of aryl methyl sites for hydroxylation is 2. The summed E-state index contributed by atoms with van der Waals surface area (Å²) in [6, 6.07) is 12.7. The van der Waals surface area contributed by atoms with Crippen molar-refractivity contribution in [3.63, 3.8) is 0 Å². The lowest BCUT2D eigenvalue weighted by atomic mass is 9.89. The van der Waals surface area contributed by atoms with Gasteiger partial charge in [0.05, 0.1) is 30.6 Å². The molecule has 0 aliphatic carbocycles. The van der Waals surface area contributed by atoms with E-state index in [9.17, 15) is 4.79 Å². The predicted octanol–water partition coefficient (Wildman–Crippen LogP) is 5.72. The highest BCUT2D eigenvalue weighted by Crippen LogP contribution is 2.40. The van der Waals surface area contributed by atoms with Gasteiger partial charge < -0.3 is 14.8 Å². The number of rotatable bonds is 6. The summed E-state index contributed by atoms with van der Waals surface area (Å²) in [5.41, 5.74) is 10.5. The number of benzene rings is 2. The molecule has 0 bridgehead atoms. The van der Waals surface area contributed by atoms with E-state index >= 15 is 0 Å². The van der Waals surface area contributed by atoms with Crippen molar-refractivity contribution in [3.8, 4) is 28.1 Å². The van der Waals surface area contributed by atoms with E-state index in [0.29, 0.717) is 12.4 Å². The molecule has 1 aliphatic heterocycles. The summed E-state index contributed by atoms with van der Waals surface area (Å²) >= 11 is 1.70. The first-order valence-electron chi connectivity index (χ1n) is 11.1. The highest BCUT2D eigenvalue weighted by molar-refractivity contribution is 7.97. The fourth-order valence-corrected chi connectivity index (χ4v) is 4.81. The van der Waals surface area contributed by atoms with E-state index in [0.717, 1.165) is 57.2 Å². The Balaban J connectivity index is 1.99. The number of pyridine rings is 1. The normalized spacial score (nSPS) is 12.5. The van der Waals surface area contributed by atoms with Crippen molar-refractivity contribution < 1.29 is 14.3 Å². The molecule has 1 aromatic heterocycles. The molecule has 1 aliphatic rings. The molecule has 0 fully saturated rings. The van der Waals surface area contributed by atoms with Crippen LogP contribution in [0.15, 0.2) is 36.4 Å². The molecule has 0 unspecified atom stereocenters. The Bertz CT molecular complexity index is 1210. The molecule has 0 saturated carbocycles. The van der Waals surface area contributed by atoms with Gasteiger partial charge in [0.2, 0.25) is 0 Å². The number of carbonyl (C=O) groups is 1. The topological polar surface area (TPSA) is 60.5 Å². The standard InChI is InChI=1S/C27H30N2O3S/c1-16-6-7-20(12-17(16)2)27-18(3)26(19-8-9-24-22(13-19)28-10-11-32-24)21(14-25(30)31-4)23(29-27)15-33-5/h6-9,12-13,28H,10-11,14-15H2,1-5H3. The molecule has 0 radical (unpaired) electrons. The van der Waals surface area contributed by atoms with E-state index < -0.39 is 0 Å². The molecule has 33 heavy (non-hydrogen) atoms. The van der Waals surface area contributed by atoms with Crippen LogP contribution < -0.4 is 10.1 Å². The Morgan fingerprint density at radius 3 is 2.64 bits per heavy atom. The maximum absolute atomic E-state index is 12.4. The first-order valence-corrected chi connectivity index (χ1v) is 12.5. The average molecular weight is 463 g/mol. The SMILES string of the molecule is COC(=O)Cc1c(CSC)nc(-c2ccc(C)c(C)c2)c(C)c1-c1ccc2c(c1)NCCO2. The zero-order valence-corrected chi connectivity index (χ0v) is 20.7. The molecular formula is C27H30N2O3S. The number of carbonyl (C=O) groups excluding carboxylic acids is 1. The van der Waals surface area contributed by atoms with Crippen LogP contribution >= 0.6 is 11.8 Å². The van der Waals surface area contributed by atoms with Crippen LogP contribution in [-0.4, -0.2) is 37.5 Å². The minimum Gasteiger partial charge on any atom is -0.490 e. The Morgan fingerprint density at radius 2 is 1.91 bits per heavy atom. The zero-order chi connectivity index (χ0) is 23.5. The van der Waals surface area contributed by atoms with E-state index in [1.54, 1.807) is 11.8 Å². The quantitative estimate of drug-likeness (QED) is 0.473. The van der Waals surface area contributed by atoms with Crippen LogP contribution in [0.5, 0.6) is 5.75 Å². The predicted molar refractivity (Wildman–Crippen MR) is 136 cm³/mol. The van der Waals surface area contributed by atoms with Gasteiger partial charge in [-0.05, 0) is 78.6 Å². The fraction of sp³-hybridized carbons (Fsp3) is 0.333. The minimum absolute atomic E-state index is 0.184. The number of methoxy groups -OCH3 is 1. The van der Waals surface area contributed by atoms with Crippen LogP contribution in [0, 0.1) is 20.8 Å². The van der Waals surface area contributed by atoms with Crippen molar-refractivity contribution in [2.45, 2.75) is 32.9 Å². The van der Waals surface area contributed by atoms with Crippen LogP contribution in [0.2, 0.25) is 0 Å². The molecule has 4 rings (SSSR count).